The lowest BCUT2D eigenvalue weighted by atomic mass is 9.74. The fraction of sp³-hybridized carbons (Fsp3) is 0.500. The minimum Gasteiger partial charge on any atom is -0.315 e. The molecule has 1 aliphatic rings. The van der Waals surface area contributed by atoms with Gasteiger partial charge in [-0.2, -0.15) is 0 Å². The van der Waals surface area contributed by atoms with E-state index < -0.39 is 5.54 Å². The summed E-state index contributed by atoms with van der Waals surface area (Å²) in [6.45, 7) is 2.11. The van der Waals surface area contributed by atoms with Crippen molar-refractivity contribution in [3.8, 4) is 0 Å². The number of hydrogen-bond donors (Lipinski definition) is 1. The average Bonchev–Trinajstić information content (AvgIpc) is 2.33. The Labute approximate surface area is 96.8 Å². The summed E-state index contributed by atoms with van der Waals surface area (Å²) in [6.07, 6.45) is 4.41. The first-order chi connectivity index (χ1) is 7.68. The molecule has 1 saturated carbocycles. The Morgan fingerprint density at radius 1 is 1.31 bits per heavy atom. The fourth-order valence-electron chi connectivity index (χ4n) is 2.60. The van der Waals surface area contributed by atoms with Crippen molar-refractivity contribution in [2.45, 2.75) is 44.6 Å². The quantitative estimate of drug-likeness (QED) is 0.827. The highest BCUT2D eigenvalue weighted by Gasteiger charge is 2.38. The summed E-state index contributed by atoms with van der Waals surface area (Å²) >= 11 is 0. The van der Waals surface area contributed by atoms with E-state index in [1.807, 2.05) is 18.2 Å². The van der Waals surface area contributed by atoms with Gasteiger partial charge in [-0.25, -0.2) is 0 Å². The van der Waals surface area contributed by atoms with Crippen LogP contribution in [0.25, 0.3) is 0 Å². The molecule has 0 saturated heterocycles. The van der Waals surface area contributed by atoms with Gasteiger partial charge in [0.05, 0.1) is 0 Å². The van der Waals surface area contributed by atoms with Gasteiger partial charge in [0.2, 0.25) is 0 Å². The maximum Gasteiger partial charge on any atom is 0.157 e. The molecule has 2 rings (SSSR count). The maximum absolute atomic E-state index is 12.1. The summed E-state index contributed by atoms with van der Waals surface area (Å²) in [7, 11) is 0. The van der Waals surface area contributed by atoms with Gasteiger partial charge in [0.25, 0.3) is 0 Å². The highest BCUT2D eigenvalue weighted by molar-refractivity contribution is 5.90. The molecule has 2 nitrogen and oxygen atoms in total. The molecule has 0 spiro atoms. The molecule has 0 aliphatic heterocycles. The SMILES string of the molecule is CCc1ccccc1[C@@]1(N)CCCCC1=O. The number of carbonyl (C=O) groups is 1. The summed E-state index contributed by atoms with van der Waals surface area (Å²) in [5.74, 6) is 0.208. The number of rotatable bonds is 2. The largest absolute Gasteiger partial charge is 0.315 e. The molecule has 0 bridgehead atoms. The second kappa shape index (κ2) is 4.38. The number of nitrogens with two attached hydrogens (primary N) is 1. The van der Waals surface area contributed by atoms with Crippen molar-refractivity contribution in [1.82, 2.24) is 0 Å². The average molecular weight is 217 g/mol. The summed E-state index contributed by atoms with van der Waals surface area (Å²) < 4.78 is 0. The Kier molecular flexibility index (Phi) is 3.10. The Balaban J connectivity index is 2.44. The molecule has 1 aromatic carbocycles. The van der Waals surface area contributed by atoms with E-state index in [-0.39, 0.29) is 5.78 Å². The lowest BCUT2D eigenvalue weighted by Gasteiger charge is -2.33. The summed E-state index contributed by atoms with van der Waals surface area (Å²) in [5, 5.41) is 0. The number of aryl methyl sites for hydroxylation is 1. The predicted molar refractivity (Wildman–Crippen MR) is 65.2 cm³/mol. The Hall–Kier alpha value is -1.15. The van der Waals surface area contributed by atoms with Gasteiger partial charge in [-0.15, -0.1) is 0 Å². The molecule has 1 aromatic rings. The molecule has 0 radical (unpaired) electrons. The molecule has 2 N–H and O–H groups in total. The van der Waals surface area contributed by atoms with Crippen molar-refractivity contribution in [1.29, 1.82) is 0 Å². The summed E-state index contributed by atoms with van der Waals surface area (Å²) in [5.41, 5.74) is 7.89. The third-order valence-electron chi connectivity index (χ3n) is 3.60. The van der Waals surface area contributed by atoms with Crippen molar-refractivity contribution in [2.24, 2.45) is 5.73 Å². The normalized spacial score (nSPS) is 25.8. The first-order valence-corrected chi connectivity index (χ1v) is 6.09. The fourth-order valence-corrected chi connectivity index (χ4v) is 2.60. The molecule has 1 atom stereocenters. The summed E-state index contributed by atoms with van der Waals surface area (Å²) in [4.78, 5) is 12.1. The van der Waals surface area contributed by atoms with E-state index >= 15 is 0 Å². The van der Waals surface area contributed by atoms with Gasteiger partial charge in [0, 0.05) is 6.42 Å². The molecular formula is C14H19NO. The molecule has 16 heavy (non-hydrogen) atoms. The lowest BCUT2D eigenvalue weighted by Crippen LogP contribution is -2.47. The van der Waals surface area contributed by atoms with Crippen LogP contribution in [-0.4, -0.2) is 5.78 Å². The minimum absolute atomic E-state index is 0.208. The number of benzene rings is 1. The number of ketones is 1. The first-order valence-electron chi connectivity index (χ1n) is 6.09. The monoisotopic (exact) mass is 217 g/mol. The van der Waals surface area contributed by atoms with E-state index in [1.54, 1.807) is 0 Å². The zero-order valence-corrected chi connectivity index (χ0v) is 9.83. The molecule has 1 fully saturated rings. The third kappa shape index (κ3) is 1.78. The van der Waals surface area contributed by atoms with E-state index in [9.17, 15) is 4.79 Å². The molecule has 0 heterocycles. The van der Waals surface area contributed by atoms with Crippen molar-refractivity contribution >= 4 is 5.78 Å². The van der Waals surface area contributed by atoms with Crippen LogP contribution in [0.4, 0.5) is 0 Å². The molecule has 2 heteroatoms. The smallest absolute Gasteiger partial charge is 0.157 e. The van der Waals surface area contributed by atoms with Gasteiger partial charge in [-0.3, -0.25) is 4.79 Å². The third-order valence-corrected chi connectivity index (χ3v) is 3.60. The minimum atomic E-state index is -0.717. The van der Waals surface area contributed by atoms with Crippen molar-refractivity contribution < 1.29 is 4.79 Å². The molecule has 86 valence electrons. The van der Waals surface area contributed by atoms with Crippen molar-refractivity contribution in [2.75, 3.05) is 0 Å². The van der Waals surface area contributed by atoms with Crippen LogP contribution in [0.15, 0.2) is 24.3 Å². The Morgan fingerprint density at radius 3 is 2.75 bits per heavy atom. The van der Waals surface area contributed by atoms with Crippen LogP contribution in [0.5, 0.6) is 0 Å². The van der Waals surface area contributed by atoms with Gasteiger partial charge in [-0.05, 0) is 30.4 Å². The summed E-state index contributed by atoms with van der Waals surface area (Å²) in [6, 6.07) is 8.08. The van der Waals surface area contributed by atoms with Crippen molar-refractivity contribution in [3.63, 3.8) is 0 Å². The topological polar surface area (TPSA) is 43.1 Å². The van der Waals surface area contributed by atoms with Crippen LogP contribution >= 0.6 is 0 Å². The van der Waals surface area contributed by atoms with E-state index in [0.717, 1.165) is 31.2 Å². The lowest BCUT2D eigenvalue weighted by molar-refractivity contribution is -0.126. The zero-order chi connectivity index (χ0) is 11.6. The van der Waals surface area contributed by atoms with E-state index in [4.69, 9.17) is 5.73 Å². The molecular weight excluding hydrogens is 198 g/mol. The van der Waals surface area contributed by atoms with E-state index in [2.05, 4.69) is 13.0 Å². The maximum atomic E-state index is 12.1. The number of carbonyl (C=O) groups excluding carboxylic acids is 1. The number of Topliss-reactive ketones (excluding diaryl/α,β-unsaturated/α-hetero) is 1. The molecule has 0 amide bonds. The van der Waals surface area contributed by atoms with E-state index in [0.29, 0.717) is 6.42 Å². The van der Waals surface area contributed by atoms with Crippen molar-refractivity contribution in [3.05, 3.63) is 35.4 Å². The van der Waals surface area contributed by atoms with Gasteiger partial charge < -0.3 is 5.73 Å². The van der Waals surface area contributed by atoms with Gasteiger partial charge in [0.1, 0.15) is 5.54 Å². The second-order valence-corrected chi connectivity index (χ2v) is 4.61. The standard InChI is InChI=1S/C14H19NO/c1-2-11-7-3-4-8-12(11)14(15)10-6-5-9-13(14)16/h3-4,7-8H,2,5-6,9-10,15H2,1H3/t14-/m0/s1. The van der Waals surface area contributed by atoms with Gasteiger partial charge in [0.15, 0.2) is 5.78 Å². The van der Waals surface area contributed by atoms with Gasteiger partial charge >= 0.3 is 0 Å². The van der Waals surface area contributed by atoms with Crippen LogP contribution in [0, 0.1) is 0 Å². The Morgan fingerprint density at radius 2 is 2.06 bits per heavy atom. The van der Waals surface area contributed by atoms with Crippen LogP contribution in [0.2, 0.25) is 0 Å². The first kappa shape index (κ1) is 11.3. The highest BCUT2D eigenvalue weighted by atomic mass is 16.1. The Bertz CT molecular complexity index is 399. The zero-order valence-electron chi connectivity index (χ0n) is 9.83. The molecule has 1 aliphatic carbocycles. The van der Waals surface area contributed by atoms with Crippen LogP contribution < -0.4 is 5.73 Å². The van der Waals surface area contributed by atoms with Crippen LogP contribution in [0.1, 0.15) is 43.7 Å². The highest BCUT2D eigenvalue weighted by Crippen LogP contribution is 2.34. The van der Waals surface area contributed by atoms with E-state index in [1.165, 1.54) is 5.56 Å². The molecule has 0 aromatic heterocycles. The van der Waals surface area contributed by atoms with Gasteiger partial charge in [-0.1, -0.05) is 37.6 Å². The number of hydrogen-bond acceptors (Lipinski definition) is 2. The van der Waals surface area contributed by atoms with Crippen LogP contribution in [-0.2, 0) is 16.8 Å². The predicted octanol–water partition coefficient (Wildman–Crippen LogP) is 2.55. The molecule has 0 unspecified atom stereocenters. The van der Waals surface area contributed by atoms with Crippen LogP contribution in [0.3, 0.4) is 0 Å². The second-order valence-electron chi connectivity index (χ2n) is 4.61.